The summed E-state index contributed by atoms with van der Waals surface area (Å²) in [5, 5.41) is 7.93. The van der Waals surface area contributed by atoms with Gasteiger partial charge in [0.05, 0.1) is 26.9 Å². The number of ether oxygens (including phenoxy) is 5. The number of hydrogen-bond donors (Lipinski definition) is 1. The third kappa shape index (κ3) is 6.94. The van der Waals surface area contributed by atoms with Crippen LogP contribution in [-0.2, 0) is 19.7 Å². The fourth-order valence-corrected chi connectivity index (χ4v) is 4.51. The van der Waals surface area contributed by atoms with Gasteiger partial charge in [-0.25, -0.2) is 4.79 Å². The van der Waals surface area contributed by atoms with Crippen molar-refractivity contribution in [3.05, 3.63) is 48.2 Å². The first kappa shape index (κ1) is 30.4. The van der Waals surface area contributed by atoms with Crippen LogP contribution in [0.4, 0.5) is 4.79 Å². The van der Waals surface area contributed by atoms with Crippen LogP contribution in [0.3, 0.4) is 0 Å². The molecule has 11 heteroatoms. The molecule has 2 aromatic heterocycles. The van der Waals surface area contributed by atoms with Crippen LogP contribution >= 0.6 is 0 Å². The van der Waals surface area contributed by atoms with Crippen LogP contribution in [0.25, 0.3) is 33.8 Å². The van der Waals surface area contributed by atoms with Crippen molar-refractivity contribution in [1.82, 2.24) is 15.5 Å². The lowest BCUT2D eigenvalue weighted by molar-refractivity contribution is -0.274. The number of rotatable bonds is 8. The van der Waals surface area contributed by atoms with Gasteiger partial charge in [-0.3, -0.25) is 0 Å². The van der Waals surface area contributed by atoms with E-state index >= 15 is 0 Å². The average molecular weight is 594 g/mol. The third-order valence-corrected chi connectivity index (χ3v) is 6.73. The third-order valence-electron chi connectivity index (χ3n) is 6.73. The van der Waals surface area contributed by atoms with Crippen molar-refractivity contribution in [2.45, 2.75) is 65.4 Å². The quantitative estimate of drug-likeness (QED) is 0.236. The number of carbonyl (C=O) groups is 1. The van der Waals surface area contributed by atoms with Gasteiger partial charge in [0, 0.05) is 16.5 Å². The number of furan rings is 1. The van der Waals surface area contributed by atoms with Gasteiger partial charge in [-0.05, 0) is 83.0 Å². The number of amides is 1. The molecule has 0 saturated carbocycles. The van der Waals surface area contributed by atoms with E-state index in [1.807, 2.05) is 56.3 Å². The first-order chi connectivity index (χ1) is 20.3. The number of hydrogen-bond acceptors (Lipinski definition) is 10. The van der Waals surface area contributed by atoms with Gasteiger partial charge in [0.15, 0.2) is 17.3 Å². The fraction of sp³-hybridized carbons (Fsp3) is 0.469. The monoisotopic (exact) mass is 593 g/mol. The van der Waals surface area contributed by atoms with E-state index in [0.717, 1.165) is 10.9 Å². The van der Waals surface area contributed by atoms with E-state index in [1.54, 1.807) is 27.9 Å². The topological polar surface area (TPSA) is 127 Å². The van der Waals surface area contributed by atoms with Crippen LogP contribution in [0.1, 0.15) is 54.2 Å². The van der Waals surface area contributed by atoms with Gasteiger partial charge >= 0.3 is 6.09 Å². The van der Waals surface area contributed by atoms with Crippen molar-refractivity contribution in [3.8, 4) is 34.3 Å². The Kier molecular flexibility index (Phi) is 8.15. The summed E-state index contributed by atoms with van der Waals surface area (Å²) in [7, 11) is 1.60. The predicted molar refractivity (Wildman–Crippen MR) is 159 cm³/mol. The molecule has 1 N–H and O–H groups in total. The summed E-state index contributed by atoms with van der Waals surface area (Å²) >= 11 is 0. The van der Waals surface area contributed by atoms with Crippen molar-refractivity contribution in [2.24, 2.45) is 5.92 Å². The van der Waals surface area contributed by atoms with E-state index < -0.39 is 23.0 Å². The zero-order valence-electron chi connectivity index (χ0n) is 25.9. The minimum absolute atomic E-state index is 0.130. The van der Waals surface area contributed by atoms with Gasteiger partial charge in [-0.1, -0.05) is 19.0 Å². The van der Waals surface area contributed by atoms with Crippen LogP contribution in [0.2, 0.25) is 0 Å². The molecule has 0 bridgehead atoms. The number of methoxy groups -OCH3 is 1. The van der Waals surface area contributed by atoms with Crippen molar-refractivity contribution in [2.75, 3.05) is 26.9 Å². The highest BCUT2D eigenvalue weighted by atomic mass is 16.7. The van der Waals surface area contributed by atoms with Crippen molar-refractivity contribution in [1.29, 1.82) is 0 Å². The van der Waals surface area contributed by atoms with E-state index in [1.165, 1.54) is 0 Å². The zero-order valence-corrected chi connectivity index (χ0v) is 25.9. The maximum absolute atomic E-state index is 12.8. The number of nitrogens with zero attached hydrogens (tertiary/aromatic N) is 2. The Balaban J connectivity index is 1.43. The van der Waals surface area contributed by atoms with E-state index in [2.05, 4.69) is 29.3 Å². The Hall–Kier alpha value is -4.09. The number of fused-ring (bicyclic) bond motifs is 1. The Bertz CT molecular complexity index is 1590. The molecule has 1 fully saturated rings. The highest BCUT2D eigenvalue weighted by molar-refractivity contribution is 5.83. The van der Waals surface area contributed by atoms with Gasteiger partial charge in [-0.15, -0.1) is 0 Å². The van der Waals surface area contributed by atoms with Crippen LogP contribution in [0, 0.1) is 5.92 Å². The molecule has 2 aromatic carbocycles. The van der Waals surface area contributed by atoms with Gasteiger partial charge in [0.25, 0.3) is 5.89 Å². The minimum Gasteiger partial charge on any atom is -0.493 e. The maximum atomic E-state index is 12.8. The van der Waals surface area contributed by atoms with Gasteiger partial charge in [-0.2, -0.15) is 4.98 Å². The number of alkyl carbamates (subject to hydrolysis) is 1. The normalized spacial score (nSPS) is 16.3. The molecule has 0 spiro atoms. The van der Waals surface area contributed by atoms with Crippen LogP contribution in [-0.4, -0.2) is 54.6 Å². The molecule has 0 radical (unpaired) electrons. The van der Waals surface area contributed by atoms with E-state index in [0.29, 0.717) is 52.6 Å². The molecule has 0 atom stereocenters. The molecule has 1 amide bonds. The van der Waals surface area contributed by atoms with Crippen molar-refractivity contribution >= 4 is 17.1 Å². The Morgan fingerprint density at radius 2 is 1.74 bits per heavy atom. The second-order valence-electron chi connectivity index (χ2n) is 12.5. The fourth-order valence-electron chi connectivity index (χ4n) is 4.51. The summed E-state index contributed by atoms with van der Waals surface area (Å²) in [4.78, 5) is 17.5. The Labute approximate surface area is 250 Å². The van der Waals surface area contributed by atoms with Gasteiger partial charge in [0.1, 0.15) is 22.5 Å². The molecule has 11 nitrogen and oxygen atoms in total. The molecule has 1 aliphatic rings. The highest BCUT2D eigenvalue weighted by Crippen LogP contribution is 2.37. The standard InChI is InChI=1S/C32H39N3O8/c1-19(2)16-38-25-14-21(10-12-24(25)37-8)28-33-27(35-43-28)20-9-11-23-22(13-20)15-26(41-23)32(17-39-31(6,7)40-18-32)34-29(36)42-30(3,4)5/h9-15,19H,16-18H2,1-8H3,(H,34,36). The molecule has 5 rings (SSSR count). The van der Waals surface area contributed by atoms with Crippen LogP contribution in [0.15, 0.2) is 51.4 Å². The summed E-state index contributed by atoms with van der Waals surface area (Å²) in [6.07, 6.45) is -0.601. The lowest BCUT2D eigenvalue weighted by Gasteiger charge is -2.42. The molecular weight excluding hydrogens is 554 g/mol. The molecule has 43 heavy (non-hydrogen) atoms. The SMILES string of the molecule is COc1ccc(-c2nc(-c3ccc4oc(C5(NC(=O)OC(C)(C)C)COC(C)(C)OC5)cc4c3)no2)cc1OCC(C)C. The summed E-state index contributed by atoms with van der Waals surface area (Å²) in [5.41, 5.74) is 0.271. The van der Waals surface area contributed by atoms with Gasteiger partial charge < -0.3 is 37.9 Å². The summed E-state index contributed by atoms with van der Waals surface area (Å²) in [6.45, 7) is 14.0. The maximum Gasteiger partial charge on any atom is 0.408 e. The number of aromatic nitrogens is 2. The molecule has 3 heterocycles. The molecule has 0 unspecified atom stereocenters. The average Bonchev–Trinajstić information content (AvgIpc) is 3.60. The van der Waals surface area contributed by atoms with E-state index in [9.17, 15) is 4.79 Å². The second-order valence-corrected chi connectivity index (χ2v) is 12.5. The Morgan fingerprint density at radius 3 is 2.42 bits per heavy atom. The molecule has 0 aliphatic carbocycles. The second kappa shape index (κ2) is 11.5. The highest BCUT2D eigenvalue weighted by Gasteiger charge is 2.46. The van der Waals surface area contributed by atoms with Crippen LogP contribution < -0.4 is 14.8 Å². The molecule has 1 saturated heterocycles. The first-order valence-corrected chi connectivity index (χ1v) is 14.2. The number of carbonyl (C=O) groups excluding carboxylic acids is 1. The molecule has 1 aliphatic heterocycles. The molecular formula is C32H39N3O8. The smallest absolute Gasteiger partial charge is 0.408 e. The first-order valence-electron chi connectivity index (χ1n) is 14.2. The van der Waals surface area contributed by atoms with E-state index in [4.69, 9.17) is 32.6 Å². The summed E-state index contributed by atoms with van der Waals surface area (Å²) in [5.74, 6) is 2.01. The summed E-state index contributed by atoms with van der Waals surface area (Å²) < 4.78 is 40.6. The minimum atomic E-state index is -1.10. The zero-order chi connectivity index (χ0) is 31.0. The Morgan fingerprint density at radius 1 is 1.02 bits per heavy atom. The number of nitrogens with one attached hydrogen (secondary N) is 1. The van der Waals surface area contributed by atoms with Gasteiger partial charge in [0.2, 0.25) is 5.82 Å². The largest absolute Gasteiger partial charge is 0.493 e. The molecule has 4 aromatic rings. The van der Waals surface area contributed by atoms with Crippen molar-refractivity contribution < 1.29 is 37.4 Å². The van der Waals surface area contributed by atoms with Crippen molar-refractivity contribution in [3.63, 3.8) is 0 Å². The number of benzene rings is 2. The molecule has 230 valence electrons. The lowest BCUT2D eigenvalue weighted by Crippen LogP contribution is -2.59. The van der Waals surface area contributed by atoms with Crippen LogP contribution in [0.5, 0.6) is 11.5 Å². The summed E-state index contributed by atoms with van der Waals surface area (Å²) in [6, 6.07) is 12.9. The van der Waals surface area contributed by atoms with E-state index in [-0.39, 0.29) is 13.2 Å². The predicted octanol–water partition coefficient (Wildman–Crippen LogP) is 6.70. The lowest BCUT2D eigenvalue weighted by atomic mass is 9.96.